The summed E-state index contributed by atoms with van der Waals surface area (Å²) in [6, 6.07) is 7.35. The molecule has 2 nitrogen and oxygen atoms in total. The zero-order valence-corrected chi connectivity index (χ0v) is 12.3. The van der Waals surface area contributed by atoms with Crippen molar-refractivity contribution in [1.29, 1.82) is 0 Å². The van der Waals surface area contributed by atoms with Gasteiger partial charge in [-0.2, -0.15) is 11.8 Å². The van der Waals surface area contributed by atoms with Gasteiger partial charge in [-0.05, 0) is 24.8 Å². The van der Waals surface area contributed by atoms with Crippen LogP contribution in [0.1, 0.15) is 32.8 Å². The van der Waals surface area contributed by atoms with Gasteiger partial charge in [0.1, 0.15) is 0 Å². The van der Waals surface area contributed by atoms with Crippen LogP contribution < -0.4 is 5.32 Å². The van der Waals surface area contributed by atoms with Crippen molar-refractivity contribution in [1.82, 2.24) is 0 Å². The zero-order valence-electron chi connectivity index (χ0n) is 11.5. The van der Waals surface area contributed by atoms with Crippen molar-refractivity contribution in [2.75, 3.05) is 11.6 Å². The zero-order chi connectivity index (χ0) is 14.0. The maximum atomic E-state index is 11.8. The van der Waals surface area contributed by atoms with Crippen molar-refractivity contribution in [2.24, 2.45) is 0 Å². The second kappa shape index (κ2) is 9.61. The highest BCUT2D eigenvalue weighted by atomic mass is 32.2. The van der Waals surface area contributed by atoms with Crippen LogP contribution >= 0.6 is 11.8 Å². The summed E-state index contributed by atoms with van der Waals surface area (Å²) in [5.41, 5.74) is 1.43. The second-order valence-electron chi connectivity index (χ2n) is 3.31. The monoisotopic (exact) mass is 263 g/mol. The third-order valence-electron chi connectivity index (χ3n) is 2.29. The van der Waals surface area contributed by atoms with E-state index in [4.69, 9.17) is 6.42 Å². The molecular weight excluding hydrogens is 242 g/mol. The highest BCUT2D eigenvalue weighted by Crippen LogP contribution is 2.17. The minimum absolute atomic E-state index is 0.0118. The van der Waals surface area contributed by atoms with Crippen molar-refractivity contribution in [3.8, 4) is 12.3 Å². The van der Waals surface area contributed by atoms with E-state index in [1.165, 1.54) is 0 Å². The van der Waals surface area contributed by atoms with E-state index in [0.29, 0.717) is 11.3 Å². The van der Waals surface area contributed by atoms with Gasteiger partial charge in [0.25, 0.3) is 0 Å². The van der Waals surface area contributed by atoms with Crippen LogP contribution in [0, 0.1) is 12.3 Å². The summed E-state index contributed by atoms with van der Waals surface area (Å²) in [4.78, 5) is 11.8. The van der Waals surface area contributed by atoms with Gasteiger partial charge in [0, 0.05) is 5.56 Å². The Morgan fingerprint density at radius 1 is 1.44 bits per heavy atom. The number of hydrogen-bond donors (Lipinski definition) is 1. The molecule has 0 spiro atoms. The number of rotatable bonds is 4. The molecule has 0 heterocycles. The Bertz CT molecular complexity index is 405. The predicted octanol–water partition coefficient (Wildman–Crippen LogP) is 3.77. The lowest BCUT2D eigenvalue weighted by atomic mass is 10.2. The van der Waals surface area contributed by atoms with Gasteiger partial charge in [-0.3, -0.25) is 4.79 Å². The van der Waals surface area contributed by atoms with E-state index in [-0.39, 0.29) is 11.2 Å². The molecule has 0 aliphatic carbocycles. The Kier molecular flexibility index (Phi) is 8.86. The number of carbonyl (C=O) groups is 1. The van der Waals surface area contributed by atoms with Crippen LogP contribution in [0.5, 0.6) is 0 Å². The molecule has 0 saturated carbocycles. The van der Waals surface area contributed by atoms with Crippen molar-refractivity contribution < 1.29 is 4.79 Å². The molecule has 1 atom stereocenters. The molecule has 0 aliphatic heterocycles. The summed E-state index contributed by atoms with van der Waals surface area (Å²) < 4.78 is 0. The molecule has 98 valence electrons. The molecule has 0 aliphatic rings. The maximum absolute atomic E-state index is 11.8. The summed E-state index contributed by atoms with van der Waals surface area (Å²) in [6.07, 6.45) is 8.10. The lowest BCUT2D eigenvalue weighted by Gasteiger charge is -2.13. The van der Waals surface area contributed by atoms with Gasteiger partial charge in [0.15, 0.2) is 0 Å². The van der Waals surface area contributed by atoms with E-state index >= 15 is 0 Å². The fourth-order valence-electron chi connectivity index (χ4n) is 1.39. The Balaban J connectivity index is 0.00000137. The molecule has 0 radical (unpaired) electrons. The summed E-state index contributed by atoms with van der Waals surface area (Å²) in [5.74, 6) is 2.57. The molecule has 1 unspecified atom stereocenters. The van der Waals surface area contributed by atoms with Crippen molar-refractivity contribution in [2.45, 2.75) is 32.4 Å². The van der Waals surface area contributed by atoms with Crippen LogP contribution in [-0.4, -0.2) is 17.4 Å². The van der Waals surface area contributed by atoms with Crippen LogP contribution in [0.15, 0.2) is 24.3 Å². The predicted molar refractivity (Wildman–Crippen MR) is 81.9 cm³/mol. The average molecular weight is 263 g/mol. The average Bonchev–Trinajstić information content (AvgIpc) is 2.43. The van der Waals surface area contributed by atoms with Crippen LogP contribution in [0.4, 0.5) is 5.69 Å². The van der Waals surface area contributed by atoms with Crippen LogP contribution in [0.3, 0.4) is 0 Å². The number of nitrogens with one attached hydrogen (secondary N) is 1. The number of carbonyl (C=O) groups excluding carboxylic acids is 1. The Morgan fingerprint density at radius 2 is 2.06 bits per heavy atom. The second-order valence-corrected chi connectivity index (χ2v) is 4.35. The molecule has 0 bridgehead atoms. The molecule has 18 heavy (non-hydrogen) atoms. The van der Waals surface area contributed by atoms with Gasteiger partial charge in [-0.1, -0.05) is 38.8 Å². The Labute approximate surface area is 115 Å². The first kappa shape index (κ1) is 16.6. The molecule has 1 aromatic rings. The van der Waals surface area contributed by atoms with Crippen molar-refractivity contribution >= 4 is 23.4 Å². The number of terminal acetylenes is 1. The van der Waals surface area contributed by atoms with Crippen molar-refractivity contribution in [3.63, 3.8) is 0 Å². The van der Waals surface area contributed by atoms with Gasteiger partial charge in [-0.15, -0.1) is 6.42 Å². The molecule has 1 N–H and O–H groups in total. The summed E-state index contributed by atoms with van der Waals surface area (Å²) >= 11 is 1.55. The van der Waals surface area contributed by atoms with Gasteiger partial charge >= 0.3 is 0 Å². The molecule has 1 rings (SSSR count). The van der Waals surface area contributed by atoms with E-state index in [1.54, 1.807) is 11.8 Å². The van der Waals surface area contributed by atoms with Gasteiger partial charge in [0.2, 0.25) is 5.91 Å². The largest absolute Gasteiger partial charge is 0.324 e. The first-order valence-corrected chi connectivity index (χ1v) is 7.41. The standard InChI is InChI=1S/C13H15NOS.C2H6/c1-4-10-8-6-7-9-11(10)14-13(15)12(5-2)16-3;1-2/h1,6-9,12H,5H2,2-3H3,(H,14,15);1-2H3. The van der Waals surface area contributed by atoms with E-state index in [0.717, 1.165) is 6.42 Å². The fraction of sp³-hybridized carbons (Fsp3) is 0.400. The van der Waals surface area contributed by atoms with E-state index in [1.807, 2.05) is 51.3 Å². The van der Waals surface area contributed by atoms with E-state index in [2.05, 4.69) is 11.2 Å². The minimum Gasteiger partial charge on any atom is -0.324 e. The van der Waals surface area contributed by atoms with E-state index < -0.39 is 0 Å². The number of amides is 1. The SMILES string of the molecule is C#Cc1ccccc1NC(=O)C(CC)SC.CC. The summed E-state index contributed by atoms with van der Waals surface area (Å²) in [5, 5.41) is 2.84. The number of anilines is 1. The molecule has 1 aromatic carbocycles. The first-order valence-electron chi connectivity index (χ1n) is 6.12. The lowest BCUT2D eigenvalue weighted by molar-refractivity contribution is -0.115. The van der Waals surface area contributed by atoms with Crippen LogP contribution in [0.25, 0.3) is 0 Å². The van der Waals surface area contributed by atoms with Crippen LogP contribution in [0.2, 0.25) is 0 Å². The molecule has 0 saturated heterocycles. The molecule has 0 fully saturated rings. The molecule has 0 aromatic heterocycles. The first-order chi connectivity index (χ1) is 8.72. The summed E-state index contributed by atoms with van der Waals surface area (Å²) in [7, 11) is 0. The lowest BCUT2D eigenvalue weighted by Crippen LogP contribution is -2.24. The molecular formula is C15H21NOS. The highest BCUT2D eigenvalue weighted by molar-refractivity contribution is 7.99. The quantitative estimate of drug-likeness (QED) is 0.838. The van der Waals surface area contributed by atoms with Gasteiger partial charge < -0.3 is 5.32 Å². The van der Waals surface area contributed by atoms with Gasteiger partial charge in [-0.25, -0.2) is 0 Å². The number of benzene rings is 1. The summed E-state index contributed by atoms with van der Waals surface area (Å²) in [6.45, 7) is 5.99. The Hall–Kier alpha value is -1.40. The number of para-hydroxylation sites is 1. The highest BCUT2D eigenvalue weighted by Gasteiger charge is 2.15. The smallest absolute Gasteiger partial charge is 0.237 e. The minimum atomic E-state index is -0.0224. The van der Waals surface area contributed by atoms with Crippen LogP contribution in [-0.2, 0) is 4.79 Å². The van der Waals surface area contributed by atoms with Gasteiger partial charge in [0.05, 0.1) is 10.9 Å². The fourth-order valence-corrected chi connectivity index (χ4v) is 2.00. The molecule has 3 heteroatoms. The maximum Gasteiger partial charge on any atom is 0.237 e. The number of thioether (sulfide) groups is 1. The number of hydrogen-bond acceptors (Lipinski definition) is 2. The normalized spacial score (nSPS) is 10.6. The third kappa shape index (κ3) is 4.85. The topological polar surface area (TPSA) is 29.1 Å². The molecule has 1 amide bonds. The van der Waals surface area contributed by atoms with Crippen molar-refractivity contribution in [3.05, 3.63) is 29.8 Å². The Morgan fingerprint density at radius 3 is 2.56 bits per heavy atom. The van der Waals surface area contributed by atoms with E-state index in [9.17, 15) is 4.79 Å². The third-order valence-corrected chi connectivity index (χ3v) is 3.40.